The van der Waals surface area contributed by atoms with Crippen LogP contribution in [-0.2, 0) is 14.3 Å². The van der Waals surface area contributed by atoms with Gasteiger partial charge < -0.3 is 14.8 Å². The first-order valence-electron chi connectivity index (χ1n) is 10.0. The van der Waals surface area contributed by atoms with Crippen molar-refractivity contribution >= 4 is 23.1 Å². The highest BCUT2D eigenvalue weighted by Gasteiger charge is 2.40. The molecule has 0 aliphatic carbocycles. The van der Waals surface area contributed by atoms with Gasteiger partial charge in [-0.05, 0) is 45.4 Å². The van der Waals surface area contributed by atoms with Crippen molar-refractivity contribution in [1.82, 2.24) is 4.90 Å². The first-order chi connectivity index (χ1) is 14.3. The van der Waals surface area contributed by atoms with Crippen molar-refractivity contribution in [2.45, 2.75) is 33.8 Å². The number of rotatable bonds is 8. The summed E-state index contributed by atoms with van der Waals surface area (Å²) < 4.78 is 11.0. The smallest absolute Gasteiger partial charge is 0.278 e. The van der Waals surface area contributed by atoms with E-state index in [0.717, 1.165) is 16.8 Å². The molecule has 0 unspecified atom stereocenters. The molecule has 0 fully saturated rings. The van der Waals surface area contributed by atoms with Crippen LogP contribution in [0, 0.1) is 13.8 Å². The predicted molar refractivity (Wildman–Crippen MR) is 117 cm³/mol. The molecular weight excluding hydrogens is 380 g/mol. The van der Waals surface area contributed by atoms with Gasteiger partial charge in [0.25, 0.3) is 11.8 Å². The monoisotopic (exact) mass is 408 g/mol. The second-order valence-corrected chi connectivity index (χ2v) is 7.58. The largest absolute Gasteiger partial charge is 0.496 e. The Hall–Kier alpha value is -3.12. The van der Waals surface area contributed by atoms with E-state index in [4.69, 9.17) is 9.47 Å². The van der Waals surface area contributed by atoms with E-state index < -0.39 is 0 Å². The van der Waals surface area contributed by atoms with Gasteiger partial charge in [0, 0.05) is 11.3 Å². The summed E-state index contributed by atoms with van der Waals surface area (Å²) in [6.45, 7) is 8.28. The number of methoxy groups -OCH3 is 1. The van der Waals surface area contributed by atoms with Crippen LogP contribution in [0.3, 0.4) is 0 Å². The number of imide groups is 1. The summed E-state index contributed by atoms with van der Waals surface area (Å²) in [6, 6.07) is 13.1. The highest BCUT2D eigenvalue weighted by Crippen LogP contribution is 2.35. The van der Waals surface area contributed by atoms with Crippen LogP contribution in [0.2, 0.25) is 0 Å². The van der Waals surface area contributed by atoms with E-state index >= 15 is 0 Å². The second kappa shape index (κ2) is 9.13. The summed E-state index contributed by atoms with van der Waals surface area (Å²) in [6.07, 6.45) is 0.0206. The Labute approximate surface area is 177 Å². The number of carbonyl (C=O) groups excluding carboxylic acids is 2. The Morgan fingerprint density at radius 1 is 1.03 bits per heavy atom. The number of hydrogen-bond acceptors (Lipinski definition) is 5. The molecule has 2 amide bonds. The quantitative estimate of drug-likeness (QED) is 0.671. The zero-order valence-electron chi connectivity index (χ0n) is 18.1. The van der Waals surface area contributed by atoms with Gasteiger partial charge in [-0.3, -0.25) is 14.5 Å². The Bertz CT molecular complexity index is 994. The Morgan fingerprint density at radius 2 is 1.77 bits per heavy atom. The molecule has 1 aliphatic heterocycles. The van der Waals surface area contributed by atoms with Gasteiger partial charge in [-0.15, -0.1) is 0 Å². The van der Waals surface area contributed by atoms with E-state index in [2.05, 4.69) is 5.32 Å². The van der Waals surface area contributed by atoms with Gasteiger partial charge in [-0.25, -0.2) is 0 Å². The van der Waals surface area contributed by atoms with Gasteiger partial charge >= 0.3 is 0 Å². The van der Waals surface area contributed by atoms with Gasteiger partial charge in [0.15, 0.2) is 0 Å². The number of para-hydroxylation sites is 1. The molecule has 30 heavy (non-hydrogen) atoms. The summed E-state index contributed by atoms with van der Waals surface area (Å²) in [5.41, 5.74) is 4.03. The van der Waals surface area contributed by atoms with E-state index in [-0.39, 0.29) is 36.8 Å². The van der Waals surface area contributed by atoms with Crippen LogP contribution in [0.1, 0.15) is 30.5 Å². The van der Waals surface area contributed by atoms with Gasteiger partial charge in [0.05, 0.1) is 31.9 Å². The van der Waals surface area contributed by atoms with Crippen molar-refractivity contribution in [1.29, 1.82) is 0 Å². The minimum Gasteiger partial charge on any atom is -0.496 e. The maximum absolute atomic E-state index is 13.3. The molecule has 158 valence electrons. The number of aryl methyl sites for hydroxylation is 2. The molecule has 0 bridgehead atoms. The van der Waals surface area contributed by atoms with Crippen molar-refractivity contribution in [2.75, 3.05) is 25.6 Å². The first-order valence-corrected chi connectivity index (χ1v) is 10.0. The highest BCUT2D eigenvalue weighted by molar-refractivity contribution is 6.37. The number of amides is 2. The van der Waals surface area contributed by atoms with Crippen LogP contribution in [0.15, 0.2) is 48.2 Å². The molecule has 0 radical (unpaired) electrons. The fraction of sp³-hybridized carbons (Fsp3) is 0.333. The number of nitrogens with one attached hydrogen (secondary N) is 1. The van der Waals surface area contributed by atoms with E-state index in [1.807, 2.05) is 58.0 Å². The van der Waals surface area contributed by atoms with Crippen LogP contribution in [-0.4, -0.2) is 43.1 Å². The fourth-order valence-corrected chi connectivity index (χ4v) is 3.46. The molecule has 6 nitrogen and oxygen atoms in total. The third kappa shape index (κ3) is 4.39. The molecular formula is C24H28N2O4. The zero-order valence-corrected chi connectivity index (χ0v) is 18.1. The van der Waals surface area contributed by atoms with Crippen LogP contribution < -0.4 is 10.1 Å². The van der Waals surface area contributed by atoms with Gasteiger partial charge in [-0.1, -0.05) is 35.9 Å². The van der Waals surface area contributed by atoms with Crippen molar-refractivity contribution in [3.63, 3.8) is 0 Å². The molecule has 0 spiro atoms. The van der Waals surface area contributed by atoms with E-state index in [9.17, 15) is 9.59 Å². The maximum atomic E-state index is 13.3. The topological polar surface area (TPSA) is 67.9 Å². The standard InChI is InChI=1S/C24H28N2O4/c1-15(2)30-13-12-26-23(27)21(18-8-6-7-9-20(18)29-5)22(24(26)28)25-19-11-10-16(3)14-17(19)4/h6-11,14-15,25H,12-13H2,1-5H3. The molecule has 6 heteroatoms. The molecule has 2 aromatic carbocycles. The normalized spacial score (nSPS) is 14.1. The van der Waals surface area contributed by atoms with Crippen LogP contribution >= 0.6 is 0 Å². The summed E-state index contributed by atoms with van der Waals surface area (Å²) >= 11 is 0. The molecule has 3 rings (SSSR count). The van der Waals surface area contributed by atoms with Crippen LogP contribution in [0.5, 0.6) is 5.75 Å². The predicted octanol–water partition coefficient (Wildman–Crippen LogP) is 3.93. The number of ether oxygens (including phenoxy) is 2. The molecule has 1 aliphatic rings. The van der Waals surface area contributed by atoms with Crippen molar-refractivity contribution < 1.29 is 19.1 Å². The van der Waals surface area contributed by atoms with E-state index in [1.165, 1.54) is 4.90 Å². The van der Waals surface area contributed by atoms with Crippen molar-refractivity contribution in [3.8, 4) is 5.75 Å². The van der Waals surface area contributed by atoms with E-state index in [1.54, 1.807) is 19.2 Å². The molecule has 2 aromatic rings. The van der Waals surface area contributed by atoms with Gasteiger partial charge in [-0.2, -0.15) is 0 Å². The van der Waals surface area contributed by atoms with Gasteiger partial charge in [0.2, 0.25) is 0 Å². The lowest BCUT2D eigenvalue weighted by molar-refractivity contribution is -0.137. The minimum absolute atomic E-state index is 0.0206. The first kappa shape index (κ1) is 21.6. The second-order valence-electron chi connectivity index (χ2n) is 7.58. The van der Waals surface area contributed by atoms with E-state index in [0.29, 0.717) is 16.9 Å². The third-order valence-corrected chi connectivity index (χ3v) is 4.95. The fourth-order valence-electron chi connectivity index (χ4n) is 3.46. The average molecular weight is 408 g/mol. The number of hydrogen-bond donors (Lipinski definition) is 1. The molecule has 0 saturated heterocycles. The lowest BCUT2D eigenvalue weighted by Gasteiger charge is -2.17. The van der Waals surface area contributed by atoms with Gasteiger partial charge in [0.1, 0.15) is 11.4 Å². The molecule has 0 aromatic heterocycles. The Kier molecular flexibility index (Phi) is 6.57. The van der Waals surface area contributed by atoms with Crippen LogP contribution in [0.4, 0.5) is 5.69 Å². The lowest BCUT2D eigenvalue weighted by atomic mass is 10.0. The molecule has 1 heterocycles. The Balaban J connectivity index is 2.04. The number of nitrogens with zero attached hydrogens (tertiary/aromatic N) is 1. The number of benzene rings is 2. The highest BCUT2D eigenvalue weighted by atomic mass is 16.5. The lowest BCUT2D eigenvalue weighted by Crippen LogP contribution is -2.35. The molecule has 1 N–H and O–H groups in total. The number of anilines is 1. The van der Waals surface area contributed by atoms with Crippen molar-refractivity contribution in [2.24, 2.45) is 0 Å². The molecule has 0 atom stereocenters. The summed E-state index contributed by atoms with van der Waals surface area (Å²) in [4.78, 5) is 27.8. The minimum atomic E-state index is -0.367. The zero-order chi connectivity index (χ0) is 21.8. The van der Waals surface area contributed by atoms with Crippen LogP contribution in [0.25, 0.3) is 5.57 Å². The number of carbonyl (C=O) groups is 2. The molecule has 0 saturated carbocycles. The summed E-state index contributed by atoms with van der Waals surface area (Å²) in [5.74, 6) is -0.189. The summed E-state index contributed by atoms with van der Waals surface area (Å²) in [7, 11) is 1.55. The maximum Gasteiger partial charge on any atom is 0.278 e. The average Bonchev–Trinajstić information content (AvgIpc) is 2.93. The summed E-state index contributed by atoms with van der Waals surface area (Å²) in [5, 5.41) is 3.22. The SMILES string of the molecule is COc1ccccc1C1=C(Nc2ccc(C)cc2C)C(=O)N(CCOC(C)C)C1=O. The van der Waals surface area contributed by atoms with Crippen molar-refractivity contribution in [3.05, 3.63) is 64.9 Å². The third-order valence-electron chi connectivity index (χ3n) is 4.95. The Morgan fingerprint density at radius 3 is 2.43 bits per heavy atom.